The molecule has 6 heteroatoms. The van der Waals surface area contributed by atoms with Crippen molar-refractivity contribution in [2.75, 3.05) is 14.2 Å². The van der Waals surface area contributed by atoms with Crippen LogP contribution in [-0.4, -0.2) is 20.2 Å². The maximum Gasteiger partial charge on any atom is 0.339 e. The highest BCUT2D eigenvalue weighted by Crippen LogP contribution is 2.36. The highest BCUT2D eigenvalue weighted by molar-refractivity contribution is 6.34. The Labute approximate surface area is 175 Å². The summed E-state index contributed by atoms with van der Waals surface area (Å²) >= 11 is 6.18. The number of hydrogen-bond acceptors (Lipinski definition) is 5. The fraction of sp³-hybridized carbons (Fsp3) is 0.261. The van der Waals surface area contributed by atoms with Crippen molar-refractivity contribution in [3.05, 3.63) is 76.0 Å². The molecule has 0 saturated heterocycles. The molecule has 1 heterocycles. The SMILES string of the molecule is COC(=O)c1cc(-c2ccc(CN[C@H](C)c3ccc(C)cc3)o2)c(OC)cc1Cl. The van der Waals surface area contributed by atoms with Crippen LogP contribution < -0.4 is 10.1 Å². The van der Waals surface area contributed by atoms with Gasteiger partial charge in [-0.1, -0.05) is 41.4 Å². The molecule has 0 aliphatic rings. The average Bonchev–Trinajstić information content (AvgIpc) is 3.20. The summed E-state index contributed by atoms with van der Waals surface area (Å²) in [6.45, 7) is 4.75. The summed E-state index contributed by atoms with van der Waals surface area (Å²) < 4.78 is 16.2. The van der Waals surface area contributed by atoms with Crippen molar-refractivity contribution in [2.45, 2.75) is 26.4 Å². The van der Waals surface area contributed by atoms with Crippen LogP contribution in [0.1, 0.15) is 40.2 Å². The monoisotopic (exact) mass is 413 g/mol. The molecule has 5 nitrogen and oxygen atoms in total. The summed E-state index contributed by atoms with van der Waals surface area (Å²) in [5.41, 5.74) is 3.34. The topological polar surface area (TPSA) is 60.7 Å². The first kappa shape index (κ1) is 21.0. The Morgan fingerprint density at radius 1 is 1.14 bits per heavy atom. The second-order valence-electron chi connectivity index (χ2n) is 6.80. The van der Waals surface area contributed by atoms with Gasteiger partial charge in [0, 0.05) is 12.1 Å². The Morgan fingerprint density at radius 2 is 1.86 bits per heavy atom. The van der Waals surface area contributed by atoms with Crippen LogP contribution in [0, 0.1) is 6.92 Å². The van der Waals surface area contributed by atoms with Crippen LogP contribution in [0.4, 0.5) is 0 Å². The number of halogens is 1. The van der Waals surface area contributed by atoms with Crippen molar-refractivity contribution in [3.63, 3.8) is 0 Å². The molecule has 0 aliphatic heterocycles. The van der Waals surface area contributed by atoms with Crippen LogP contribution in [0.15, 0.2) is 52.9 Å². The van der Waals surface area contributed by atoms with E-state index in [4.69, 9.17) is 25.5 Å². The number of ether oxygens (including phenoxy) is 2. The number of nitrogens with one attached hydrogen (secondary N) is 1. The normalized spacial score (nSPS) is 11.9. The molecule has 0 bridgehead atoms. The van der Waals surface area contributed by atoms with E-state index in [2.05, 4.69) is 43.4 Å². The Morgan fingerprint density at radius 3 is 2.52 bits per heavy atom. The summed E-state index contributed by atoms with van der Waals surface area (Å²) in [5.74, 6) is 1.36. The number of carbonyl (C=O) groups is 1. The molecule has 2 aromatic carbocycles. The molecule has 0 radical (unpaired) electrons. The van der Waals surface area contributed by atoms with E-state index in [-0.39, 0.29) is 16.6 Å². The Bertz CT molecular complexity index is 995. The van der Waals surface area contributed by atoms with Crippen molar-refractivity contribution in [1.82, 2.24) is 5.32 Å². The average molecular weight is 414 g/mol. The molecule has 0 amide bonds. The van der Waals surface area contributed by atoms with E-state index >= 15 is 0 Å². The van der Waals surface area contributed by atoms with Crippen LogP contribution >= 0.6 is 11.6 Å². The molecule has 3 aromatic rings. The molecule has 0 aliphatic carbocycles. The van der Waals surface area contributed by atoms with Gasteiger partial charge in [0.2, 0.25) is 0 Å². The summed E-state index contributed by atoms with van der Waals surface area (Å²) in [4.78, 5) is 12.0. The maximum atomic E-state index is 12.0. The van der Waals surface area contributed by atoms with Gasteiger partial charge in [0.25, 0.3) is 0 Å². The van der Waals surface area contributed by atoms with Crippen molar-refractivity contribution in [3.8, 4) is 17.1 Å². The lowest BCUT2D eigenvalue weighted by Gasteiger charge is -2.13. The standard InChI is InChI=1S/C23H24ClNO4/c1-14-5-7-16(8-6-14)15(2)25-13-17-9-10-21(29-17)19-11-18(23(26)28-4)20(24)12-22(19)27-3/h5-12,15,25H,13H2,1-4H3/t15-/m1/s1. The Balaban J connectivity index is 1.78. The number of furan rings is 1. The summed E-state index contributed by atoms with van der Waals surface area (Å²) in [6.07, 6.45) is 0. The van der Waals surface area contributed by atoms with E-state index in [0.717, 1.165) is 5.76 Å². The molecule has 0 fully saturated rings. The first-order valence-electron chi connectivity index (χ1n) is 9.27. The van der Waals surface area contributed by atoms with E-state index in [1.807, 2.05) is 12.1 Å². The number of methoxy groups -OCH3 is 2. The predicted molar refractivity (Wildman–Crippen MR) is 113 cm³/mol. The van der Waals surface area contributed by atoms with Gasteiger partial charge in [0.05, 0.1) is 36.9 Å². The largest absolute Gasteiger partial charge is 0.496 e. The Kier molecular flexibility index (Phi) is 6.62. The maximum absolute atomic E-state index is 12.0. The molecule has 152 valence electrons. The Hall–Kier alpha value is -2.76. The van der Waals surface area contributed by atoms with E-state index in [1.165, 1.54) is 18.2 Å². The minimum Gasteiger partial charge on any atom is -0.496 e. The first-order chi connectivity index (χ1) is 13.9. The number of rotatable bonds is 7. The second kappa shape index (κ2) is 9.16. The zero-order chi connectivity index (χ0) is 21.0. The zero-order valence-corrected chi connectivity index (χ0v) is 17.7. The van der Waals surface area contributed by atoms with Gasteiger partial charge in [-0.25, -0.2) is 4.79 Å². The predicted octanol–water partition coefficient (Wildman–Crippen LogP) is 5.55. The van der Waals surface area contributed by atoms with Gasteiger partial charge in [0.15, 0.2) is 0 Å². The van der Waals surface area contributed by atoms with Crippen molar-refractivity contribution in [2.24, 2.45) is 0 Å². The van der Waals surface area contributed by atoms with Crippen molar-refractivity contribution in [1.29, 1.82) is 0 Å². The fourth-order valence-corrected chi connectivity index (χ4v) is 3.26. The number of esters is 1. The highest BCUT2D eigenvalue weighted by Gasteiger charge is 2.19. The highest BCUT2D eigenvalue weighted by atomic mass is 35.5. The smallest absolute Gasteiger partial charge is 0.339 e. The van der Waals surface area contributed by atoms with Crippen LogP contribution in [0.25, 0.3) is 11.3 Å². The lowest BCUT2D eigenvalue weighted by Crippen LogP contribution is -2.17. The van der Waals surface area contributed by atoms with Crippen LogP contribution in [0.2, 0.25) is 5.02 Å². The number of benzene rings is 2. The lowest BCUT2D eigenvalue weighted by molar-refractivity contribution is 0.0601. The fourth-order valence-electron chi connectivity index (χ4n) is 3.03. The van der Waals surface area contributed by atoms with E-state index in [1.54, 1.807) is 19.2 Å². The number of carbonyl (C=O) groups excluding carboxylic acids is 1. The summed E-state index contributed by atoms with van der Waals surface area (Å²) in [5, 5.41) is 3.72. The summed E-state index contributed by atoms with van der Waals surface area (Å²) in [7, 11) is 2.86. The van der Waals surface area contributed by atoms with Gasteiger partial charge in [-0.3, -0.25) is 0 Å². The third-order valence-corrected chi connectivity index (χ3v) is 5.09. The molecule has 0 spiro atoms. The molecule has 0 saturated carbocycles. The first-order valence-corrected chi connectivity index (χ1v) is 9.65. The molecule has 29 heavy (non-hydrogen) atoms. The van der Waals surface area contributed by atoms with Gasteiger partial charge < -0.3 is 19.2 Å². The molecular formula is C23H24ClNO4. The minimum absolute atomic E-state index is 0.181. The summed E-state index contributed by atoms with van der Waals surface area (Å²) in [6, 6.07) is 15.6. The van der Waals surface area contributed by atoms with E-state index in [9.17, 15) is 4.79 Å². The molecule has 1 atom stereocenters. The third-order valence-electron chi connectivity index (χ3n) is 4.78. The number of aryl methyl sites for hydroxylation is 1. The van der Waals surface area contributed by atoms with Gasteiger partial charge in [-0.05, 0) is 37.6 Å². The van der Waals surface area contributed by atoms with E-state index in [0.29, 0.717) is 23.6 Å². The van der Waals surface area contributed by atoms with Crippen molar-refractivity contribution < 1.29 is 18.7 Å². The third kappa shape index (κ3) is 4.81. The molecule has 1 N–H and O–H groups in total. The molecular weight excluding hydrogens is 390 g/mol. The number of hydrogen-bond donors (Lipinski definition) is 1. The minimum atomic E-state index is -0.515. The molecule has 1 aromatic heterocycles. The quantitative estimate of drug-likeness (QED) is 0.514. The van der Waals surface area contributed by atoms with Gasteiger partial charge in [-0.2, -0.15) is 0 Å². The van der Waals surface area contributed by atoms with Crippen LogP contribution in [0.5, 0.6) is 5.75 Å². The molecule has 0 unspecified atom stereocenters. The van der Waals surface area contributed by atoms with E-state index < -0.39 is 5.97 Å². The van der Waals surface area contributed by atoms with Crippen LogP contribution in [-0.2, 0) is 11.3 Å². The lowest BCUT2D eigenvalue weighted by atomic mass is 10.1. The van der Waals surface area contributed by atoms with Crippen LogP contribution in [0.3, 0.4) is 0 Å². The van der Waals surface area contributed by atoms with Gasteiger partial charge >= 0.3 is 5.97 Å². The molecule has 3 rings (SSSR count). The van der Waals surface area contributed by atoms with Gasteiger partial charge in [0.1, 0.15) is 17.3 Å². The van der Waals surface area contributed by atoms with Crippen molar-refractivity contribution >= 4 is 17.6 Å². The van der Waals surface area contributed by atoms with Gasteiger partial charge in [-0.15, -0.1) is 0 Å². The second-order valence-corrected chi connectivity index (χ2v) is 7.21. The zero-order valence-electron chi connectivity index (χ0n) is 16.9.